The number of benzene rings is 1. The maximum Gasteiger partial charge on any atom is 0.410 e. The van der Waals surface area contributed by atoms with Crippen molar-refractivity contribution >= 4 is 5.69 Å². The molecule has 0 spiro atoms. The van der Waals surface area contributed by atoms with Crippen LogP contribution in [-0.2, 0) is 0 Å². The van der Waals surface area contributed by atoms with Crippen LogP contribution in [0.5, 0.6) is 0 Å². The van der Waals surface area contributed by atoms with Crippen LogP contribution in [0.25, 0.3) is 0 Å². The third kappa shape index (κ3) is 2.00. The van der Waals surface area contributed by atoms with E-state index < -0.39 is 18.3 Å². The molecule has 88 valence electrons. The molecular formula is C11H13F3N2. The first-order valence-electron chi connectivity index (χ1n) is 5.14. The molecule has 1 aliphatic heterocycles. The van der Waals surface area contributed by atoms with E-state index in [1.165, 1.54) is 4.90 Å². The van der Waals surface area contributed by atoms with Crippen molar-refractivity contribution in [3.8, 4) is 0 Å². The summed E-state index contributed by atoms with van der Waals surface area (Å²) in [6, 6.07) is 6.20. The molecule has 1 fully saturated rings. The van der Waals surface area contributed by atoms with Gasteiger partial charge in [0, 0.05) is 18.3 Å². The summed E-state index contributed by atoms with van der Waals surface area (Å²) >= 11 is 0. The third-order valence-corrected chi connectivity index (χ3v) is 2.87. The fraction of sp³-hybridized carbons (Fsp3) is 0.455. The SMILES string of the molecule is NC1CCN(c2ccccc2)C1C(F)(F)F. The van der Waals surface area contributed by atoms with Crippen molar-refractivity contribution in [2.24, 2.45) is 5.73 Å². The Hall–Kier alpha value is -1.23. The second-order valence-electron chi connectivity index (χ2n) is 3.97. The Morgan fingerprint density at radius 3 is 2.38 bits per heavy atom. The number of alkyl halides is 3. The van der Waals surface area contributed by atoms with Crippen molar-refractivity contribution in [3.05, 3.63) is 30.3 Å². The van der Waals surface area contributed by atoms with Crippen molar-refractivity contribution in [2.75, 3.05) is 11.4 Å². The molecule has 0 aromatic heterocycles. The summed E-state index contributed by atoms with van der Waals surface area (Å²) in [5.74, 6) is 0. The summed E-state index contributed by atoms with van der Waals surface area (Å²) in [7, 11) is 0. The van der Waals surface area contributed by atoms with E-state index in [9.17, 15) is 13.2 Å². The Morgan fingerprint density at radius 2 is 1.81 bits per heavy atom. The molecule has 16 heavy (non-hydrogen) atoms. The highest BCUT2D eigenvalue weighted by molar-refractivity contribution is 5.49. The highest BCUT2D eigenvalue weighted by atomic mass is 19.4. The number of nitrogens with zero attached hydrogens (tertiary/aromatic N) is 1. The Balaban J connectivity index is 2.28. The van der Waals surface area contributed by atoms with Crippen LogP contribution in [0.4, 0.5) is 18.9 Å². The van der Waals surface area contributed by atoms with Gasteiger partial charge in [0.15, 0.2) is 0 Å². The molecule has 1 aromatic rings. The zero-order valence-corrected chi connectivity index (χ0v) is 8.61. The lowest BCUT2D eigenvalue weighted by Crippen LogP contribution is -2.50. The van der Waals surface area contributed by atoms with Crippen LogP contribution in [0.2, 0.25) is 0 Å². The molecule has 2 nitrogen and oxygen atoms in total. The smallest absolute Gasteiger partial charge is 0.358 e. The Bertz CT molecular complexity index is 350. The van der Waals surface area contributed by atoms with Crippen molar-refractivity contribution in [1.82, 2.24) is 0 Å². The summed E-state index contributed by atoms with van der Waals surface area (Å²) in [6.07, 6.45) is -3.90. The number of para-hydroxylation sites is 1. The summed E-state index contributed by atoms with van der Waals surface area (Å²) in [5, 5.41) is 0. The normalized spacial score (nSPS) is 26.1. The van der Waals surface area contributed by atoms with Gasteiger partial charge in [0.2, 0.25) is 0 Å². The molecule has 2 atom stereocenters. The molecular weight excluding hydrogens is 217 g/mol. The minimum absolute atomic E-state index is 0.357. The van der Waals surface area contributed by atoms with Gasteiger partial charge in [-0.15, -0.1) is 0 Å². The van der Waals surface area contributed by atoms with Gasteiger partial charge in [-0.1, -0.05) is 18.2 Å². The van der Waals surface area contributed by atoms with Crippen LogP contribution in [0.1, 0.15) is 6.42 Å². The Morgan fingerprint density at radius 1 is 1.19 bits per heavy atom. The standard InChI is InChI=1S/C11H13F3N2/c12-11(13,14)10-9(15)6-7-16(10)8-4-2-1-3-5-8/h1-5,9-10H,6-7,15H2. The van der Waals surface area contributed by atoms with Crippen LogP contribution in [-0.4, -0.2) is 24.8 Å². The molecule has 1 aromatic carbocycles. The minimum atomic E-state index is -4.27. The highest BCUT2D eigenvalue weighted by Crippen LogP contribution is 2.35. The van der Waals surface area contributed by atoms with Crippen molar-refractivity contribution in [1.29, 1.82) is 0 Å². The maximum atomic E-state index is 12.8. The van der Waals surface area contributed by atoms with Gasteiger partial charge < -0.3 is 10.6 Å². The van der Waals surface area contributed by atoms with Gasteiger partial charge in [0.05, 0.1) is 0 Å². The van der Waals surface area contributed by atoms with E-state index in [4.69, 9.17) is 5.73 Å². The molecule has 0 saturated carbocycles. The fourth-order valence-corrected chi connectivity index (χ4v) is 2.14. The summed E-state index contributed by atoms with van der Waals surface area (Å²) < 4.78 is 38.5. The molecule has 5 heteroatoms. The molecule has 2 N–H and O–H groups in total. The molecule has 1 saturated heterocycles. The van der Waals surface area contributed by atoms with E-state index in [0.717, 1.165) is 0 Å². The van der Waals surface area contributed by atoms with Gasteiger partial charge in [0.1, 0.15) is 6.04 Å². The molecule has 0 amide bonds. The first-order valence-corrected chi connectivity index (χ1v) is 5.14. The van der Waals surface area contributed by atoms with Crippen LogP contribution in [0.15, 0.2) is 30.3 Å². The van der Waals surface area contributed by atoms with Gasteiger partial charge in [-0.3, -0.25) is 0 Å². The van der Waals surface area contributed by atoms with E-state index in [1.54, 1.807) is 30.3 Å². The number of hydrogen-bond acceptors (Lipinski definition) is 2. The van der Waals surface area contributed by atoms with E-state index in [0.29, 0.717) is 18.7 Å². The Kier molecular flexibility index (Phi) is 2.80. The lowest BCUT2D eigenvalue weighted by molar-refractivity contribution is -0.148. The lowest BCUT2D eigenvalue weighted by atomic mass is 10.1. The van der Waals surface area contributed by atoms with Crippen molar-refractivity contribution in [2.45, 2.75) is 24.7 Å². The zero-order valence-electron chi connectivity index (χ0n) is 8.61. The van der Waals surface area contributed by atoms with Gasteiger partial charge in [-0.2, -0.15) is 13.2 Å². The molecule has 0 radical (unpaired) electrons. The fourth-order valence-electron chi connectivity index (χ4n) is 2.14. The quantitative estimate of drug-likeness (QED) is 0.801. The van der Waals surface area contributed by atoms with Crippen molar-refractivity contribution in [3.63, 3.8) is 0 Å². The van der Waals surface area contributed by atoms with E-state index in [1.807, 2.05) is 0 Å². The van der Waals surface area contributed by atoms with Gasteiger partial charge in [0.25, 0.3) is 0 Å². The van der Waals surface area contributed by atoms with Gasteiger partial charge in [-0.05, 0) is 18.6 Å². The summed E-state index contributed by atoms with van der Waals surface area (Å²) in [6.45, 7) is 0.357. The van der Waals surface area contributed by atoms with Crippen LogP contribution < -0.4 is 10.6 Å². The summed E-state index contributed by atoms with van der Waals surface area (Å²) in [5.41, 5.74) is 6.11. The average Bonchev–Trinajstić information content (AvgIpc) is 2.61. The van der Waals surface area contributed by atoms with Crippen LogP contribution >= 0.6 is 0 Å². The predicted molar refractivity (Wildman–Crippen MR) is 56.2 cm³/mol. The molecule has 0 bridgehead atoms. The predicted octanol–water partition coefficient (Wildman–Crippen LogP) is 2.15. The Labute approximate surface area is 91.8 Å². The van der Waals surface area contributed by atoms with Crippen molar-refractivity contribution < 1.29 is 13.2 Å². The second-order valence-corrected chi connectivity index (χ2v) is 3.97. The van der Waals surface area contributed by atoms with Gasteiger partial charge >= 0.3 is 6.18 Å². The highest BCUT2D eigenvalue weighted by Gasteiger charge is 2.50. The first kappa shape index (κ1) is 11.3. The third-order valence-electron chi connectivity index (χ3n) is 2.87. The summed E-state index contributed by atoms with van der Waals surface area (Å²) in [4.78, 5) is 1.34. The van der Waals surface area contributed by atoms with Crippen LogP contribution in [0.3, 0.4) is 0 Å². The lowest BCUT2D eigenvalue weighted by Gasteiger charge is -2.30. The van der Waals surface area contributed by atoms with E-state index in [-0.39, 0.29) is 0 Å². The topological polar surface area (TPSA) is 29.3 Å². The average molecular weight is 230 g/mol. The number of anilines is 1. The second kappa shape index (κ2) is 3.97. The molecule has 2 unspecified atom stereocenters. The number of nitrogens with two attached hydrogens (primary N) is 1. The molecule has 2 rings (SSSR count). The monoisotopic (exact) mass is 230 g/mol. The number of hydrogen-bond donors (Lipinski definition) is 1. The molecule has 0 aliphatic carbocycles. The van der Waals surface area contributed by atoms with Gasteiger partial charge in [-0.25, -0.2) is 0 Å². The maximum absolute atomic E-state index is 12.8. The first-order chi connectivity index (χ1) is 7.50. The minimum Gasteiger partial charge on any atom is -0.358 e. The van der Waals surface area contributed by atoms with E-state index in [2.05, 4.69) is 0 Å². The molecule has 1 aliphatic rings. The zero-order chi connectivity index (χ0) is 11.8. The molecule has 1 heterocycles. The largest absolute Gasteiger partial charge is 0.410 e. The van der Waals surface area contributed by atoms with E-state index >= 15 is 0 Å². The number of rotatable bonds is 1. The number of halogens is 3. The van der Waals surface area contributed by atoms with Crippen LogP contribution in [0, 0.1) is 0 Å².